The van der Waals surface area contributed by atoms with Crippen LogP contribution in [0, 0.1) is 0 Å². The van der Waals surface area contributed by atoms with E-state index >= 15 is 0 Å². The molecular formula is C15H23NO3. The van der Waals surface area contributed by atoms with E-state index in [0.29, 0.717) is 13.0 Å². The maximum atomic E-state index is 11.0. The van der Waals surface area contributed by atoms with E-state index in [2.05, 4.69) is 36.9 Å². The first-order valence-electron chi connectivity index (χ1n) is 6.37. The van der Waals surface area contributed by atoms with Gasteiger partial charge in [0.1, 0.15) is 5.75 Å². The van der Waals surface area contributed by atoms with Gasteiger partial charge in [-0.3, -0.25) is 4.79 Å². The normalized spacial score (nSPS) is 11.0. The Morgan fingerprint density at radius 3 is 2.47 bits per heavy atom. The van der Waals surface area contributed by atoms with Crippen molar-refractivity contribution in [1.82, 2.24) is 0 Å². The molecule has 106 valence electrons. The van der Waals surface area contributed by atoms with Crippen molar-refractivity contribution < 1.29 is 14.3 Å². The first-order valence-corrected chi connectivity index (χ1v) is 6.37. The molecule has 0 saturated carbocycles. The minimum Gasteiger partial charge on any atom is -0.496 e. The van der Waals surface area contributed by atoms with Gasteiger partial charge in [-0.25, -0.2) is 0 Å². The molecule has 0 spiro atoms. The highest BCUT2D eigenvalue weighted by Gasteiger charge is 2.19. The lowest BCUT2D eigenvalue weighted by atomic mass is 9.86. The number of carbonyl (C=O) groups excluding carboxylic acids is 1. The smallest absolute Gasteiger partial charge is 0.307 e. The third-order valence-corrected chi connectivity index (χ3v) is 2.89. The van der Waals surface area contributed by atoms with Gasteiger partial charge in [0.2, 0.25) is 0 Å². The second-order valence-electron chi connectivity index (χ2n) is 5.42. The second-order valence-corrected chi connectivity index (χ2v) is 5.42. The Morgan fingerprint density at radius 2 is 1.95 bits per heavy atom. The van der Waals surface area contributed by atoms with Crippen molar-refractivity contribution in [2.45, 2.75) is 32.6 Å². The lowest BCUT2D eigenvalue weighted by Crippen LogP contribution is -2.14. The maximum absolute atomic E-state index is 11.0. The van der Waals surface area contributed by atoms with Gasteiger partial charge in [0, 0.05) is 17.8 Å². The van der Waals surface area contributed by atoms with Crippen LogP contribution in [0.15, 0.2) is 18.2 Å². The van der Waals surface area contributed by atoms with Crippen molar-refractivity contribution in [2.75, 3.05) is 26.1 Å². The summed E-state index contributed by atoms with van der Waals surface area (Å²) in [5.41, 5.74) is 2.12. The monoisotopic (exact) mass is 265 g/mol. The lowest BCUT2D eigenvalue weighted by molar-refractivity contribution is -0.140. The fraction of sp³-hybridized carbons (Fsp3) is 0.533. The van der Waals surface area contributed by atoms with Gasteiger partial charge in [-0.1, -0.05) is 20.8 Å². The minimum atomic E-state index is -0.211. The van der Waals surface area contributed by atoms with Crippen LogP contribution in [0.2, 0.25) is 0 Å². The molecule has 1 aromatic carbocycles. The van der Waals surface area contributed by atoms with Crippen LogP contribution >= 0.6 is 0 Å². The SMILES string of the molecule is COC(=O)CCNc1ccc(OC)c(C(C)(C)C)c1. The van der Waals surface area contributed by atoms with E-state index in [4.69, 9.17) is 4.74 Å². The number of ether oxygens (including phenoxy) is 2. The third-order valence-electron chi connectivity index (χ3n) is 2.89. The summed E-state index contributed by atoms with van der Waals surface area (Å²) in [5, 5.41) is 3.22. The molecule has 4 nitrogen and oxygen atoms in total. The standard InChI is InChI=1S/C15H23NO3/c1-15(2,3)12-10-11(6-7-13(12)18-4)16-9-8-14(17)19-5/h6-7,10,16H,8-9H2,1-5H3. The Labute approximate surface area is 115 Å². The topological polar surface area (TPSA) is 47.6 Å². The van der Waals surface area contributed by atoms with E-state index in [-0.39, 0.29) is 11.4 Å². The number of benzene rings is 1. The molecule has 0 aromatic heterocycles. The zero-order valence-corrected chi connectivity index (χ0v) is 12.4. The van der Waals surface area contributed by atoms with Crippen LogP contribution in [0.4, 0.5) is 5.69 Å². The molecule has 0 aliphatic heterocycles. The molecule has 1 N–H and O–H groups in total. The molecule has 1 rings (SSSR count). The summed E-state index contributed by atoms with van der Waals surface area (Å²) in [5.74, 6) is 0.670. The average molecular weight is 265 g/mol. The fourth-order valence-corrected chi connectivity index (χ4v) is 1.82. The summed E-state index contributed by atoms with van der Waals surface area (Å²) in [6.07, 6.45) is 0.355. The molecule has 0 radical (unpaired) electrons. The minimum absolute atomic E-state index is 0.00534. The van der Waals surface area contributed by atoms with Crippen molar-refractivity contribution >= 4 is 11.7 Å². The number of rotatable bonds is 5. The van der Waals surface area contributed by atoms with Crippen LogP contribution in [0.25, 0.3) is 0 Å². The predicted molar refractivity (Wildman–Crippen MR) is 76.8 cm³/mol. The molecule has 0 amide bonds. The number of hydrogen-bond acceptors (Lipinski definition) is 4. The molecule has 0 aliphatic carbocycles. The number of carbonyl (C=O) groups is 1. The summed E-state index contributed by atoms with van der Waals surface area (Å²) >= 11 is 0. The molecular weight excluding hydrogens is 242 g/mol. The molecule has 19 heavy (non-hydrogen) atoms. The predicted octanol–water partition coefficient (Wildman–Crippen LogP) is 2.97. The number of hydrogen-bond donors (Lipinski definition) is 1. The van der Waals surface area contributed by atoms with Gasteiger partial charge in [0.25, 0.3) is 0 Å². The van der Waals surface area contributed by atoms with E-state index in [1.54, 1.807) is 7.11 Å². The van der Waals surface area contributed by atoms with Crippen molar-refractivity contribution in [3.05, 3.63) is 23.8 Å². The highest BCUT2D eigenvalue weighted by atomic mass is 16.5. The van der Waals surface area contributed by atoms with Crippen LogP contribution in [-0.4, -0.2) is 26.7 Å². The second kappa shape index (κ2) is 6.45. The van der Waals surface area contributed by atoms with Gasteiger partial charge in [-0.15, -0.1) is 0 Å². The molecule has 0 unspecified atom stereocenters. The Kier molecular flexibility index (Phi) is 5.21. The summed E-state index contributed by atoms with van der Waals surface area (Å²) in [6.45, 7) is 6.98. The number of methoxy groups -OCH3 is 2. The van der Waals surface area contributed by atoms with E-state index in [0.717, 1.165) is 17.0 Å². The Bertz CT molecular complexity index is 436. The Hall–Kier alpha value is -1.71. The summed E-state index contributed by atoms with van der Waals surface area (Å²) < 4.78 is 9.99. The first kappa shape index (κ1) is 15.3. The number of nitrogens with one attached hydrogen (secondary N) is 1. The van der Waals surface area contributed by atoms with Crippen LogP contribution in [0.3, 0.4) is 0 Å². The molecule has 0 heterocycles. The van der Waals surface area contributed by atoms with Gasteiger partial charge < -0.3 is 14.8 Å². The quantitative estimate of drug-likeness (QED) is 0.831. The average Bonchev–Trinajstić information content (AvgIpc) is 2.37. The van der Waals surface area contributed by atoms with E-state index in [1.807, 2.05) is 12.1 Å². The van der Waals surface area contributed by atoms with Crippen LogP contribution in [-0.2, 0) is 14.9 Å². The number of esters is 1. The van der Waals surface area contributed by atoms with Crippen molar-refractivity contribution in [3.8, 4) is 5.75 Å². The van der Waals surface area contributed by atoms with Crippen molar-refractivity contribution in [1.29, 1.82) is 0 Å². The number of anilines is 1. The summed E-state index contributed by atoms with van der Waals surface area (Å²) in [4.78, 5) is 11.0. The maximum Gasteiger partial charge on any atom is 0.307 e. The van der Waals surface area contributed by atoms with Gasteiger partial charge in [0.05, 0.1) is 20.6 Å². The van der Waals surface area contributed by atoms with Gasteiger partial charge in [-0.2, -0.15) is 0 Å². The molecule has 0 atom stereocenters. The molecule has 0 saturated heterocycles. The van der Waals surface area contributed by atoms with Crippen LogP contribution in [0.5, 0.6) is 5.75 Å². The molecule has 0 aliphatic rings. The molecule has 0 bridgehead atoms. The third kappa shape index (κ3) is 4.47. The zero-order valence-electron chi connectivity index (χ0n) is 12.4. The Balaban J connectivity index is 2.78. The van der Waals surface area contributed by atoms with Crippen molar-refractivity contribution in [2.24, 2.45) is 0 Å². The Morgan fingerprint density at radius 1 is 1.26 bits per heavy atom. The fourth-order valence-electron chi connectivity index (χ4n) is 1.82. The summed E-state index contributed by atoms with van der Waals surface area (Å²) in [7, 11) is 3.07. The van der Waals surface area contributed by atoms with Crippen LogP contribution < -0.4 is 10.1 Å². The highest BCUT2D eigenvalue weighted by molar-refractivity contribution is 5.70. The molecule has 1 aromatic rings. The van der Waals surface area contributed by atoms with E-state index in [9.17, 15) is 4.79 Å². The van der Waals surface area contributed by atoms with Gasteiger partial charge in [0.15, 0.2) is 0 Å². The lowest BCUT2D eigenvalue weighted by Gasteiger charge is -2.23. The van der Waals surface area contributed by atoms with Gasteiger partial charge >= 0.3 is 5.97 Å². The zero-order chi connectivity index (χ0) is 14.5. The summed E-state index contributed by atoms with van der Waals surface area (Å²) in [6, 6.07) is 5.96. The largest absolute Gasteiger partial charge is 0.496 e. The van der Waals surface area contributed by atoms with Crippen LogP contribution in [0.1, 0.15) is 32.8 Å². The molecule has 4 heteroatoms. The molecule has 0 fully saturated rings. The van der Waals surface area contributed by atoms with Crippen molar-refractivity contribution in [3.63, 3.8) is 0 Å². The van der Waals surface area contributed by atoms with E-state index in [1.165, 1.54) is 7.11 Å². The first-order chi connectivity index (χ1) is 8.88. The van der Waals surface area contributed by atoms with Gasteiger partial charge in [-0.05, 0) is 23.6 Å². The highest BCUT2D eigenvalue weighted by Crippen LogP contribution is 2.33. The van der Waals surface area contributed by atoms with E-state index < -0.39 is 0 Å².